The topological polar surface area (TPSA) is 63.5 Å². The van der Waals surface area contributed by atoms with E-state index in [1.807, 2.05) is 37.2 Å². The zero-order valence-corrected chi connectivity index (χ0v) is 13.6. The molecular weight excluding hydrogens is 294 g/mol. The van der Waals surface area contributed by atoms with Crippen LogP contribution >= 0.6 is 0 Å². The van der Waals surface area contributed by atoms with Gasteiger partial charge in [0.15, 0.2) is 0 Å². The van der Waals surface area contributed by atoms with E-state index in [4.69, 9.17) is 4.74 Å². The average Bonchev–Trinajstić information content (AvgIpc) is 3.01. The second-order valence-electron chi connectivity index (χ2n) is 5.80. The van der Waals surface area contributed by atoms with E-state index >= 15 is 0 Å². The largest absolute Gasteiger partial charge is 0.368 e. The molecule has 0 bridgehead atoms. The van der Waals surface area contributed by atoms with Crippen molar-refractivity contribution in [3.8, 4) is 0 Å². The third-order valence-electron chi connectivity index (χ3n) is 3.83. The molecule has 23 heavy (non-hydrogen) atoms. The van der Waals surface area contributed by atoms with Crippen molar-refractivity contribution in [2.24, 2.45) is 7.05 Å². The first-order chi connectivity index (χ1) is 11.0. The van der Waals surface area contributed by atoms with E-state index in [1.54, 1.807) is 28.9 Å². The molecule has 0 N–H and O–H groups in total. The maximum atomic E-state index is 12.5. The van der Waals surface area contributed by atoms with Crippen LogP contribution in [-0.4, -0.2) is 59.4 Å². The molecule has 0 saturated carbocycles. The molecule has 3 rings (SSSR count). The van der Waals surface area contributed by atoms with Gasteiger partial charge in [0.05, 0.1) is 18.8 Å². The molecule has 7 nitrogen and oxygen atoms in total. The number of ether oxygens (including phenoxy) is 1. The fourth-order valence-electron chi connectivity index (χ4n) is 2.57. The van der Waals surface area contributed by atoms with Gasteiger partial charge in [-0.2, -0.15) is 5.10 Å². The van der Waals surface area contributed by atoms with E-state index in [2.05, 4.69) is 10.1 Å². The second kappa shape index (κ2) is 6.37. The number of hydrogen-bond donors (Lipinski definition) is 0. The van der Waals surface area contributed by atoms with Crippen molar-refractivity contribution >= 4 is 11.7 Å². The molecule has 1 saturated heterocycles. The number of morpholine rings is 1. The molecule has 1 aliphatic rings. The number of anilines is 1. The lowest BCUT2D eigenvalue weighted by atomic mass is 10.1. The molecule has 1 aliphatic heterocycles. The first-order valence-corrected chi connectivity index (χ1v) is 7.59. The van der Waals surface area contributed by atoms with Crippen LogP contribution in [0.5, 0.6) is 0 Å². The van der Waals surface area contributed by atoms with Crippen molar-refractivity contribution in [2.45, 2.75) is 6.10 Å². The van der Waals surface area contributed by atoms with E-state index in [1.165, 1.54) is 0 Å². The molecule has 3 heterocycles. The highest BCUT2D eigenvalue weighted by Crippen LogP contribution is 2.23. The molecule has 1 fully saturated rings. The number of amides is 1. The Hall–Kier alpha value is -2.41. The summed E-state index contributed by atoms with van der Waals surface area (Å²) >= 11 is 0. The van der Waals surface area contributed by atoms with Gasteiger partial charge in [0.25, 0.3) is 5.91 Å². The number of aromatic nitrogens is 3. The molecule has 2 aromatic heterocycles. The average molecular weight is 315 g/mol. The monoisotopic (exact) mass is 315 g/mol. The normalized spacial score (nSPS) is 18.0. The lowest BCUT2D eigenvalue weighted by molar-refractivity contribution is -0.0248. The maximum Gasteiger partial charge on any atom is 0.274 e. The van der Waals surface area contributed by atoms with Crippen molar-refractivity contribution in [1.82, 2.24) is 19.7 Å². The molecule has 0 aromatic carbocycles. The van der Waals surface area contributed by atoms with Crippen LogP contribution in [0.1, 0.15) is 22.3 Å². The van der Waals surface area contributed by atoms with Gasteiger partial charge in [-0.05, 0) is 18.2 Å². The van der Waals surface area contributed by atoms with E-state index in [0.29, 0.717) is 25.4 Å². The van der Waals surface area contributed by atoms with Gasteiger partial charge < -0.3 is 14.5 Å². The summed E-state index contributed by atoms with van der Waals surface area (Å²) in [6.07, 6.45) is 1.56. The van der Waals surface area contributed by atoms with Crippen molar-refractivity contribution in [1.29, 1.82) is 0 Å². The van der Waals surface area contributed by atoms with E-state index in [9.17, 15) is 4.79 Å². The molecule has 2 aromatic rings. The highest BCUT2D eigenvalue weighted by Gasteiger charge is 2.28. The summed E-state index contributed by atoms with van der Waals surface area (Å²) < 4.78 is 7.45. The van der Waals surface area contributed by atoms with Crippen LogP contribution in [0.2, 0.25) is 0 Å². The number of nitrogens with zero attached hydrogens (tertiary/aromatic N) is 5. The van der Waals surface area contributed by atoms with Gasteiger partial charge in [0.1, 0.15) is 17.6 Å². The Morgan fingerprint density at radius 1 is 1.35 bits per heavy atom. The van der Waals surface area contributed by atoms with Crippen LogP contribution in [-0.2, 0) is 11.8 Å². The second-order valence-corrected chi connectivity index (χ2v) is 5.80. The lowest BCUT2D eigenvalue weighted by Crippen LogP contribution is -2.42. The zero-order valence-electron chi connectivity index (χ0n) is 13.6. The van der Waals surface area contributed by atoms with Gasteiger partial charge in [-0.3, -0.25) is 9.48 Å². The van der Waals surface area contributed by atoms with E-state index in [0.717, 1.165) is 11.5 Å². The summed E-state index contributed by atoms with van der Waals surface area (Å²) in [7, 11) is 5.70. The van der Waals surface area contributed by atoms with E-state index in [-0.39, 0.29) is 12.0 Å². The van der Waals surface area contributed by atoms with Crippen LogP contribution < -0.4 is 4.90 Å². The number of carbonyl (C=O) groups is 1. The Morgan fingerprint density at radius 2 is 2.17 bits per heavy atom. The minimum absolute atomic E-state index is 0.0670. The van der Waals surface area contributed by atoms with Gasteiger partial charge in [-0.1, -0.05) is 6.07 Å². The summed E-state index contributed by atoms with van der Waals surface area (Å²) in [5, 5.41) is 4.18. The van der Waals surface area contributed by atoms with Crippen LogP contribution in [0, 0.1) is 0 Å². The Kier molecular flexibility index (Phi) is 4.29. The molecule has 1 atom stereocenters. The predicted molar refractivity (Wildman–Crippen MR) is 86.4 cm³/mol. The first kappa shape index (κ1) is 15.5. The number of aryl methyl sites for hydroxylation is 1. The van der Waals surface area contributed by atoms with Crippen molar-refractivity contribution in [3.05, 3.63) is 41.9 Å². The molecule has 0 aliphatic carbocycles. The molecular formula is C16H21N5O2. The first-order valence-electron chi connectivity index (χ1n) is 7.59. The van der Waals surface area contributed by atoms with E-state index < -0.39 is 0 Å². The molecule has 1 unspecified atom stereocenters. The number of carbonyl (C=O) groups excluding carboxylic acids is 1. The Labute approximate surface area is 135 Å². The Balaban J connectivity index is 1.75. The van der Waals surface area contributed by atoms with Gasteiger partial charge in [0, 0.05) is 33.9 Å². The van der Waals surface area contributed by atoms with Crippen LogP contribution in [0.3, 0.4) is 0 Å². The third-order valence-corrected chi connectivity index (χ3v) is 3.83. The summed E-state index contributed by atoms with van der Waals surface area (Å²) in [6.45, 7) is 1.55. The number of rotatable bonds is 3. The quantitative estimate of drug-likeness (QED) is 0.848. The van der Waals surface area contributed by atoms with Crippen LogP contribution in [0.4, 0.5) is 5.82 Å². The maximum absolute atomic E-state index is 12.5. The summed E-state index contributed by atoms with van der Waals surface area (Å²) in [5.74, 6) is 0.807. The fourth-order valence-corrected chi connectivity index (χ4v) is 2.57. The molecule has 122 valence electrons. The van der Waals surface area contributed by atoms with Gasteiger partial charge in [0.2, 0.25) is 0 Å². The van der Waals surface area contributed by atoms with Crippen molar-refractivity contribution in [2.75, 3.05) is 38.7 Å². The molecule has 0 spiro atoms. The van der Waals surface area contributed by atoms with Crippen molar-refractivity contribution < 1.29 is 9.53 Å². The SMILES string of the molecule is CN(C)c1cccc(C2CN(C(=O)c3ccn(C)n3)CCO2)n1. The minimum Gasteiger partial charge on any atom is -0.368 e. The Bertz CT molecular complexity index is 697. The number of hydrogen-bond acceptors (Lipinski definition) is 5. The van der Waals surface area contributed by atoms with Crippen LogP contribution in [0.15, 0.2) is 30.5 Å². The summed E-state index contributed by atoms with van der Waals surface area (Å²) in [4.78, 5) is 20.9. The van der Waals surface area contributed by atoms with Gasteiger partial charge in [-0.15, -0.1) is 0 Å². The Morgan fingerprint density at radius 3 is 2.87 bits per heavy atom. The fraction of sp³-hybridized carbons (Fsp3) is 0.438. The third kappa shape index (κ3) is 3.34. The van der Waals surface area contributed by atoms with Crippen LogP contribution in [0.25, 0.3) is 0 Å². The predicted octanol–water partition coefficient (Wildman–Crippen LogP) is 1.09. The molecule has 7 heteroatoms. The minimum atomic E-state index is -0.212. The highest BCUT2D eigenvalue weighted by molar-refractivity contribution is 5.92. The standard InChI is InChI=1S/C16H21N5O2/c1-19(2)15-6-4-5-12(17-15)14-11-21(9-10-23-14)16(22)13-7-8-20(3)18-13/h4-8,14H,9-11H2,1-3H3. The van der Waals surface area contributed by atoms with Crippen molar-refractivity contribution in [3.63, 3.8) is 0 Å². The summed E-state index contributed by atoms with van der Waals surface area (Å²) in [5.41, 5.74) is 1.30. The molecule has 0 radical (unpaired) electrons. The van der Waals surface area contributed by atoms with Gasteiger partial charge in [-0.25, -0.2) is 4.98 Å². The highest BCUT2D eigenvalue weighted by atomic mass is 16.5. The molecule has 1 amide bonds. The number of pyridine rings is 1. The zero-order chi connectivity index (χ0) is 16.4. The lowest BCUT2D eigenvalue weighted by Gasteiger charge is -2.32. The summed E-state index contributed by atoms with van der Waals surface area (Å²) in [6, 6.07) is 7.58. The van der Waals surface area contributed by atoms with Gasteiger partial charge >= 0.3 is 0 Å². The smallest absolute Gasteiger partial charge is 0.274 e.